The van der Waals surface area contributed by atoms with E-state index in [4.69, 9.17) is 5.11 Å². The normalized spacial score (nSPS) is 22.0. The van der Waals surface area contributed by atoms with Crippen LogP contribution in [0.5, 0.6) is 0 Å². The van der Waals surface area contributed by atoms with Crippen LogP contribution in [0.25, 0.3) is 0 Å². The van der Waals surface area contributed by atoms with Crippen molar-refractivity contribution in [2.75, 3.05) is 19.7 Å². The molecule has 2 atom stereocenters. The molecule has 1 aromatic rings. The number of hydrogen-bond acceptors (Lipinski definition) is 4. The van der Waals surface area contributed by atoms with Crippen molar-refractivity contribution in [1.82, 2.24) is 10.2 Å². The van der Waals surface area contributed by atoms with Crippen molar-refractivity contribution >= 4 is 17.2 Å². The number of rotatable bonds is 5. The van der Waals surface area contributed by atoms with E-state index >= 15 is 0 Å². The number of carbonyl (C=O) groups is 1. The largest absolute Gasteiger partial charge is 0.396 e. The van der Waals surface area contributed by atoms with Crippen LogP contribution in [0.2, 0.25) is 0 Å². The maximum atomic E-state index is 12.0. The summed E-state index contributed by atoms with van der Waals surface area (Å²) in [5, 5.41) is 14.1. The molecule has 1 aromatic heterocycles. The molecule has 1 saturated heterocycles. The van der Waals surface area contributed by atoms with E-state index < -0.39 is 0 Å². The van der Waals surface area contributed by atoms with Crippen LogP contribution in [-0.2, 0) is 11.3 Å². The molecule has 100 valence electrons. The van der Waals surface area contributed by atoms with Gasteiger partial charge in [0.15, 0.2) is 0 Å². The number of thiophene rings is 1. The minimum Gasteiger partial charge on any atom is -0.396 e. The Morgan fingerprint density at radius 1 is 1.72 bits per heavy atom. The van der Waals surface area contributed by atoms with Crippen LogP contribution < -0.4 is 5.32 Å². The number of amides is 1. The van der Waals surface area contributed by atoms with Gasteiger partial charge in [0.1, 0.15) is 0 Å². The molecule has 0 saturated carbocycles. The number of nitrogens with zero attached hydrogens (tertiary/aromatic N) is 1. The molecule has 0 aromatic carbocycles. The number of nitrogens with one attached hydrogen (secondary N) is 1. The molecule has 5 heteroatoms. The molecule has 18 heavy (non-hydrogen) atoms. The smallest absolute Gasteiger partial charge is 0.237 e. The lowest BCUT2D eigenvalue weighted by Gasteiger charge is -2.23. The third kappa shape index (κ3) is 3.31. The second kappa shape index (κ2) is 6.31. The van der Waals surface area contributed by atoms with Crippen molar-refractivity contribution in [2.24, 2.45) is 5.92 Å². The minimum atomic E-state index is -0.110. The fourth-order valence-electron chi connectivity index (χ4n) is 2.26. The van der Waals surface area contributed by atoms with Gasteiger partial charge in [0.2, 0.25) is 5.91 Å². The van der Waals surface area contributed by atoms with Crippen LogP contribution in [-0.4, -0.2) is 41.7 Å². The summed E-state index contributed by atoms with van der Waals surface area (Å²) in [5.74, 6) is 0.402. The first-order chi connectivity index (χ1) is 8.70. The highest BCUT2D eigenvalue weighted by molar-refractivity contribution is 7.09. The Kier molecular flexibility index (Phi) is 4.74. The minimum absolute atomic E-state index is 0.0713. The molecule has 1 aliphatic rings. The molecule has 1 aliphatic heterocycles. The van der Waals surface area contributed by atoms with E-state index in [2.05, 4.69) is 10.2 Å². The molecule has 0 bridgehead atoms. The lowest BCUT2D eigenvalue weighted by atomic mass is 10.1. The maximum Gasteiger partial charge on any atom is 0.237 e. The zero-order valence-corrected chi connectivity index (χ0v) is 11.4. The Bertz CT molecular complexity index is 380. The summed E-state index contributed by atoms with van der Waals surface area (Å²) in [6.45, 7) is 4.49. The Morgan fingerprint density at radius 3 is 3.17 bits per heavy atom. The molecular weight excluding hydrogens is 248 g/mol. The summed E-state index contributed by atoms with van der Waals surface area (Å²) in [6.07, 6.45) is 0.985. The number of hydrogen-bond donors (Lipinski definition) is 2. The lowest BCUT2D eigenvalue weighted by Crippen LogP contribution is -2.43. The van der Waals surface area contributed by atoms with Gasteiger partial charge < -0.3 is 10.4 Å². The highest BCUT2D eigenvalue weighted by Gasteiger charge is 2.28. The molecule has 2 N–H and O–H groups in total. The highest BCUT2D eigenvalue weighted by Crippen LogP contribution is 2.18. The fourth-order valence-corrected chi connectivity index (χ4v) is 2.91. The molecule has 0 aliphatic carbocycles. The van der Waals surface area contributed by atoms with Gasteiger partial charge in [-0.2, -0.15) is 0 Å². The first kappa shape index (κ1) is 13.5. The molecule has 0 spiro atoms. The molecule has 2 rings (SSSR count). The summed E-state index contributed by atoms with van der Waals surface area (Å²) < 4.78 is 0. The Labute approximate surface area is 112 Å². The molecule has 1 fully saturated rings. The quantitative estimate of drug-likeness (QED) is 0.840. The van der Waals surface area contributed by atoms with Crippen LogP contribution in [0.1, 0.15) is 18.2 Å². The monoisotopic (exact) mass is 268 g/mol. The Morgan fingerprint density at radius 2 is 2.56 bits per heavy atom. The summed E-state index contributed by atoms with van der Waals surface area (Å²) in [7, 11) is 0. The van der Waals surface area contributed by atoms with Gasteiger partial charge in [-0.25, -0.2) is 0 Å². The number of carbonyl (C=O) groups excluding carboxylic acids is 1. The topological polar surface area (TPSA) is 52.6 Å². The SMILES string of the molecule is CC(C(=O)NCc1cccs1)N1CCC(CO)C1. The van der Waals surface area contributed by atoms with Crippen molar-refractivity contribution in [3.05, 3.63) is 22.4 Å². The van der Waals surface area contributed by atoms with Gasteiger partial charge in [-0.15, -0.1) is 11.3 Å². The van der Waals surface area contributed by atoms with Crippen LogP contribution in [0.4, 0.5) is 0 Å². The second-order valence-electron chi connectivity index (χ2n) is 4.81. The third-order valence-electron chi connectivity index (χ3n) is 3.52. The number of likely N-dealkylation sites (tertiary alicyclic amines) is 1. The first-order valence-electron chi connectivity index (χ1n) is 6.35. The van der Waals surface area contributed by atoms with Gasteiger partial charge in [-0.05, 0) is 37.3 Å². The van der Waals surface area contributed by atoms with E-state index in [0.29, 0.717) is 12.5 Å². The predicted octanol–water partition coefficient (Wildman–Crippen LogP) is 1.07. The molecule has 2 heterocycles. The summed E-state index contributed by atoms with van der Waals surface area (Å²) in [5.41, 5.74) is 0. The lowest BCUT2D eigenvalue weighted by molar-refractivity contribution is -0.125. The molecular formula is C13H20N2O2S. The van der Waals surface area contributed by atoms with Gasteiger partial charge >= 0.3 is 0 Å². The molecule has 4 nitrogen and oxygen atoms in total. The van der Waals surface area contributed by atoms with Gasteiger partial charge in [-0.1, -0.05) is 6.07 Å². The van der Waals surface area contributed by atoms with Gasteiger partial charge in [0.25, 0.3) is 0 Å². The van der Waals surface area contributed by atoms with Gasteiger partial charge in [0, 0.05) is 18.0 Å². The Balaban J connectivity index is 1.78. The average molecular weight is 268 g/mol. The van der Waals surface area contributed by atoms with Crippen LogP contribution in [0.15, 0.2) is 17.5 Å². The number of aliphatic hydroxyl groups excluding tert-OH is 1. The van der Waals surface area contributed by atoms with Crippen LogP contribution in [0, 0.1) is 5.92 Å². The Hall–Kier alpha value is -0.910. The first-order valence-corrected chi connectivity index (χ1v) is 7.23. The molecule has 1 amide bonds. The van der Waals surface area contributed by atoms with E-state index in [-0.39, 0.29) is 18.6 Å². The summed E-state index contributed by atoms with van der Waals surface area (Å²) in [4.78, 5) is 15.3. The second-order valence-corrected chi connectivity index (χ2v) is 5.84. The van der Waals surface area contributed by atoms with Gasteiger partial charge in [0.05, 0.1) is 12.6 Å². The number of aliphatic hydroxyl groups is 1. The zero-order chi connectivity index (χ0) is 13.0. The summed E-state index contributed by atoms with van der Waals surface area (Å²) in [6, 6.07) is 3.90. The highest BCUT2D eigenvalue weighted by atomic mass is 32.1. The molecule has 2 unspecified atom stereocenters. The average Bonchev–Trinajstić information content (AvgIpc) is 3.05. The van der Waals surface area contributed by atoms with Crippen molar-refractivity contribution in [3.8, 4) is 0 Å². The van der Waals surface area contributed by atoms with Crippen molar-refractivity contribution in [3.63, 3.8) is 0 Å². The standard InChI is InChI=1S/C13H20N2O2S/c1-10(15-5-4-11(8-15)9-16)13(17)14-7-12-3-2-6-18-12/h2-3,6,10-11,16H,4-5,7-9H2,1H3,(H,14,17). The summed E-state index contributed by atoms with van der Waals surface area (Å²) >= 11 is 1.65. The van der Waals surface area contributed by atoms with E-state index in [1.165, 1.54) is 4.88 Å². The van der Waals surface area contributed by atoms with E-state index in [0.717, 1.165) is 19.5 Å². The van der Waals surface area contributed by atoms with Crippen molar-refractivity contribution in [1.29, 1.82) is 0 Å². The van der Waals surface area contributed by atoms with Gasteiger partial charge in [-0.3, -0.25) is 9.69 Å². The molecule has 0 radical (unpaired) electrons. The van der Waals surface area contributed by atoms with Crippen molar-refractivity contribution in [2.45, 2.75) is 25.9 Å². The third-order valence-corrected chi connectivity index (χ3v) is 4.40. The van der Waals surface area contributed by atoms with E-state index in [1.54, 1.807) is 11.3 Å². The van der Waals surface area contributed by atoms with Crippen LogP contribution in [0.3, 0.4) is 0 Å². The fraction of sp³-hybridized carbons (Fsp3) is 0.615. The van der Waals surface area contributed by atoms with Crippen molar-refractivity contribution < 1.29 is 9.90 Å². The van der Waals surface area contributed by atoms with E-state index in [1.807, 2.05) is 24.4 Å². The van der Waals surface area contributed by atoms with E-state index in [9.17, 15) is 4.79 Å². The van der Waals surface area contributed by atoms with Crippen LogP contribution >= 0.6 is 11.3 Å². The zero-order valence-electron chi connectivity index (χ0n) is 10.6. The maximum absolute atomic E-state index is 12.0. The predicted molar refractivity (Wildman–Crippen MR) is 72.4 cm³/mol.